The Morgan fingerprint density at radius 3 is 2.27 bits per heavy atom. The molecule has 1 aliphatic carbocycles. The smallest absolute Gasteiger partial charge is 0.341 e. The Morgan fingerprint density at radius 2 is 1.60 bits per heavy atom. The largest absolute Gasteiger partial charge is 0.465 e. The van der Waals surface area contributed by atoms with Crippen LogP contribution < -0.4 is 10.6 Å². The fourth-order valence-electron chi connectivity index (χ4n) is 4.11. The van der Waals surface area contributed by atoms with Crippen molar-refractivity contribution in [1.82, 2.24) is 5.32 Å². The lowest BCUT2D eigenvalue weighted by Crippen LogP contribution is -2.29. The van der Waals surface area contributed by atoms with Crippen LogP contribution in [0.4, 0.5) is 5.00 Å². The Labute approximate surface area is 192 Å². The lowest BCUT2D eigenvalue weighted by atomic mass is 9.96. The summed E-state index contributed by atoms with van der Waals surface area (Å²) in [7, 11) is 1.46. The number of nitrogens with one attached hydrogen (secondary N) is 2. The molecule has 2 rings (SSSR count). The van der Waals surface area contributed by atoms with Crippen molar-refractivity contribution in [3.63, 3.8) is 0 Å². The molecule has 170 valence electrons. The molecule has 0 aliphatic heterocycles. The maximum atomic E-state index is 12.5. The van der Waals surface area contributed by atoms with Crippen LogP contribution in [0.25, 0.3) is 0 Å². The molecule has 0 amide bonds. The minimum atomic E-state index is -0.252. The number of aryl methyl sites for hydroxylation is 1. The van der Waals surface area contributed by atoms with Crippen LogP contribution in [0.3, 0.4) is 0 Å². The van der Waals surface area contributed by atoms with Crippen LogP contribution >= 0.6 is 23.6 Å². The third kappa shape index (κ3) is 8.54. The van der Waals surface area contributed by atoms with Gasteiger partial charge in [0, 0.05) is 11.4 Å². The highest BCUT2D eigenvalue weighted by atomic mass is 32.1. The quantitative estimate of drug-likeness (QED) is 0.203. The Balaban J connectivity index is 1.76. The third-order valence-electron chi connectivity index (χ3n) is 5.85. The number of esters is 1. The zero-order valence-corrected chi connectivity index (χ0v) is 20.6. The first kappa shape index (κ1) is 25.1. The zero-order chi connectivity index (χ0) is 21.6. The molecule has 4 nitrogen and oxygen atoms in total. The van der Waals surface area contributed by atoms with Gasteiger partial charge in [0.05, 0.1) is 12.7 Å². The van der Waals surface area contributed by atoms with Crippen molar-refractivity contribution in [3.05, 3.63) is 16.0 Å². The second kappa shape index (κ2) is 14.8. The van der Waals surface area contributed by atoms with Crippen molar-refractivity contribution < 1.29 is 9.53 Å². The molecule has 0 radical (unpaired) electrons. The number of hydrogen-bond acceptors (Lipinski definition) is 4. The van der Waals surface area contributed by atoms with E-state index in [4.69, 9.17) is 17.0 Å². The van der Waals surface area contributed by atoms with E-state index in [2.05, 4.69) is 17.6 Å². The highest BCUT2D eigenvalue weighted by Crippen LogP contribution is 2.37. The highest BCUT2D eigenvalue weighted by Gasteiger charge is 2.25. The number of carbonyl (C=O) groups excluding carboxylic acids is 1. The van der Waals surface area contributed by atoms with Crippen molar-refractivity contribution >= 4 is 39.6 Å². The Bertz CT molecular complexity index is 658. The van der Waals surface area contributed by atoms with Crippen LogP contribution in [-0.2, 0) is 17.6 Å². The number of anilines is 1. The molecule has 0 bridgehead atoms. The number of hydrogen-bond donors (Lipinski definition) is 2. The monoisotopic (exact) mass is 452 g/mol. The maximum absolute atomic E-state index is 12.5. The molecule has 1 aromatic rings. The van der Waals surface area contributed by atoms with Gasteiger partial charge in [0.25, 0.3) is 0 Å². The topological polar surface area (TPSA) is 50.4 Å². The number of rotatable bonds is 12. The van der Waals surface area contributed by atoms with Gasteiger partial charge in [0.2, 0.25) is 0 Å². The average Bonchev–Trinajstić information content (AvgIpc) is 3.04. The Hall–Kier alpha value is -1.14. The maximum Gasteiger partial charge on any atom is 0.341 e. The Morgan fingerprint density at radius 1 is 0.967 bits per heavy atom. The fraction of sp³-hybridized carbons (Fsp3) is 0.750. The van der Waals surface area contributed by atoms with Crippen LogP contribution in [0.5, 0.6) is 0 Å². The van der Waals surface area contributed by atoms with Crippen molar-refractivity contribution in [3.8, 4) is 0 Å². The highest BCUT2D eigenvalue weighted by molar-refractivity contribution is 7.80. The lowest BCUT2D eigenvalue weighted by molar-refractivity contribution is 0.0601. The van der Waals surface area contributed by atoms with Gasteiger partial charge in [-0.1, -0.05) is 71.1 Å². The van der Waals surface area contributed by atoms with Crippen LogP contribution in [0, 0.1) is 0 Å². The predicted molar refractivity (Wildman–Crippen MR) is 133 cm³/mol. The summed E-state index contributed by atoms with van der Waals surface area (Å²) in [6, 6.07) is 0. The first-order valence-corrected chi connectivity index (χ1v) is 13.2. The number of thiophene rings is 1. The van der Waals surface area contributed by atoms with E-state index in [1.54, 1.807) is 11.3 Å². The van der Waals surface area contributed by atoms with E-state index >= 15 is 0 Å². The molecule has 0 saturated carbocycles. The molecule has 0 fully saturated rings. The normalized spacial score (nSPS) is 13.8. The lowest BCUT2D eigenvalue weighted by Gasteiger charge is -2.12. The molecule has 1 aliphatic rings. The summed E-state index contributed by atoms with van der Waals surface area (Å²) in [5.74, 6) is -0.252. The first-order chi connectivity index (χ1) is 14.7. The van der Waals surface area contributed by atoms with Gasteiger partial charge in [0.15, 0.2) is 5.11 Å². The van der Waals surface area contributed by atoms with E-state index in [1.807, 2.05) is 0 Å². The summed E-state index contributed by atoms with van der Waals surface area (Å²) in [5, 5.41) is 8.06. The van der Waals surface area contributed by atoms with Crippen LogP contribution in [0.1, 0.15) is 111 Å². The third-order valence-corrected chi connectivity index (χ3v) is 7.31. The van der Waals surface area contributed by atoms with Crippen LogP contribution in [0.2, 0.25) is 0 Å². The van der Waals surface area contributed by atoms with Crippen molar-refractivity contribution in [1.29, 1.82) is 0 Å². The van der Waals surface area contributed by atoms with Gasteiger partial charge in [-0.2, -0.15) is 0 Å². The second-order valence-corrected chi connectivity index (χ2v) is 9.84. The summed E-state index contributed by atoms with van der Waals surface area (Å²) in [6.45, 7) is 3.14. The van der Waals surface area contributed by atoms with Gasteiger partial charge in [-0.15, -0.1) is 11.3 Å². The molecule has 6 heteroatoms. The minimum Gasteiger partial charge on any atom is -0.465 e. The molecule has 0 saturated heterocycles. The molecule has 2 N–H and O–H groups in total. The number of carbonyl (C=O) groups is 1. The van der Waals surface area contributed by atoms with Gasteiger partial charge in [-0.3, -0.25) is 0 Å². The van der Waals surface area contributed by atoms with Gasteiger partial charge in [0.1, 0.15) is 5.00 Å². The number of ether oxygens (including phenoxy) is 1. The minimum absolute atomic E-state index is 0.252. The fourth-order valence-corrected chi connectivity index (χ4v) is 5.66. The average molecular weight is 453 g/mol. The number of unbranched alkanes of at least 4 members (excludes halogenated alkanes) is 8. The van der Waals surface area contributed by atoms with E-state index < -0.39 is 0 Å². The van der Waals surface area contributed by atoms with Gasteiger partial charge in [-0.25, -0.2) is 4.79 Å². The summed E-state index contributed by atoms with van der Waals surface area (Å²) < 4.78 is 5.09. The molecule has 30 heavy (non-hydrogen) atoms. The molecule has 1 heterocycles. The Kier molecular flexibility index (Phi) is 12.4. The summed E-state index contributed by atoms with van der Waals surface area (Å²) in [6.07, 6.45) is 18.7. The number of methoxy groups -OCH3 is 1. The summed E-state index contributed by atoms with van der Waals surface area (Å²) >= 11 is 7.18. The predicted octanol–water partition coefficient (Wildman–Crippen LogP) is 7.01. The molecular weight excluding hydrogens is 412 g/mol. The molecule has 0 unspecified atom stereocenters. The van der Waals surface area contributed by atoms with Crippen LogP contribution in [-0.4, -0.2) is 24.7 Å². The van der Waals surface area contributed by atoms with Crippen molar-refractivity contribution in [2.45, 2.75) is 103 Å². The van der Waals surface area contributed by atoms with Crippen molar-refractivity contribution in [2.75, 3.05) is 19.0 Å². The SMILES string of the molecule is CCCCCCCCCCCNC(=S)Nc1sc2c(c1C(=O)OC)CCCCCC2. The molecule has 0 aromatic carbocycles. The van der Waals surface area contributed by atoms with Crippen LogP contribution in [0.15, 0.2) is 0 Å². The molecule has 0 atom stereocenters. The number of fused-ring (bicyclic) bond motifs is 1. The second-order valence-electron chi connectivity index (χ2n) is 8.32. The molecule has 1 aromatic heterocycles. The first-order valence-electron chi connectivity index (χ1n) is 11.9. The van der Waals surface area contributed by atoms with E-state index in [-0.39, 0.29) is 5.97 Å². The van der Waals surface area contributed by atoms with E-state index in [1.165, 1.54) is 88.2 Å². The van der Waals surface area contributed by atoms with E-state index in [0.717, 1.165) is 37.2 Å². The van der Waals surface area contributed by atoms with E-state index in [9.17, 15) is 4.79 Å². The molecular formula is C24H40N2O2S2. The van der Waals surface area contributed by atoms with E-state index in [0.29, 0.717) is 10.7 Å². The van der Waals surface area contributed by atoms with Gasteiger partial charge < -0.3 is 15.4 Å². The summed E-state index contributed by atoms with van der Waals surface area (Å²) in [4.78, 5) is 13.8. The van der Waals surface area contributed by atoms with Gasteiger partial charge in [-0.05, 0) is 49.9 Å². The number of thiocarbonyl (C=S) groups is 1. The zero-order valence-electron chi connectivity index (χ0n) is 18.9. The standard InChI is InChI=1S/C24H40N2O2S2/c1-3-4-5-6-7-8-9-12-15-18-25-24(29)26-22-21(23(27)28-2)19-16-13-10-11-14-17-20(19)30-22/h3-18H2,1-2H3,(H2,25,26,29). The molecule has 0 spiro atoms. The summed E-state index contributed by atoms with van der Waals surface area (Å²) in [5.41, 5.74) is 1.88. The van der Waals surface area contributed by atoms with Crippen molar-refractivity contribution in [2.24, 2.45) is 0 Å². The van der Waals surface area contributed by atoms with Gasteiger partial charge >= 0.3 is 5.97 Å².